The van der Waals surface area contributed by atoms with E-state index in [1.807, 2.05) is 66.5 Å². The highest BCUT2D eigenvalue weighted by molar-refractivity contribution is 5.79. The fraction of sp³-hybridized carbons (Fsp3) is 0.259. The second-order valence-electron chi connectivity index (χ2n) is 8.75. The highest BCUT2D eigenvalue weighted by atomic mass is 16.1. The number of aryl methyl sites for hydroxylation is 2. The average molecular weight is 494 g/mol. The molecule has 5 rings (SSSR count). The minimum absolute atomic E-state index is 0.176. The summed E-state index contributed by atoms with van der Waals surface area (Å²) < 4.78 is 5.28. The van der Waals surface area contributed by atoms with Crippen molar-refractivity contribution in [2.45, 2.75) is 46.2 Å². The quantitative estimate of drug-likeness (QED) is 0.331. The van der Waals surface area contributed by atoms with E-state index in [1.165, 1.54) is 0 Å². The summed E-state index contributed by atoms with van der Waals surface area (Å²) in [4.78, 5) is 18.3. The molecule has 10 nitrogen and oxygen atoms in total. The molecule has 0 aliphatic carbocycles. The molecule has 0 saturated heterocycles. The Kier molecular flexibility index (Phi) is 6.76. The summed E-state index contributed by atoms with van der Waals surface area (Å²) in [6.45, 7) is 5.12. The third-order valence-corrected chi connectivity index (χ3v) is 6.46. The van der Waals surface area contributed by atoms with Gasteiger partial charge in [0, 0.05) is 42.0 Å². The smallest absolute Gasteiger partial charge is 0.333 e. The molecular formula is C27H27N9O. The number of hydrogen-bond acceptors (Lipinski definition) is 6. The molecule has 1 N–H and O–H groups in total. The molecule has 0 radical (unpaired) electrons. The number of benzene rings is 1. The summed E-state index contributed by atoms with van der Waals surface area (Å²) in [7, 11) is 0. The van der Waals surface area contributed by atoms with Gasteiger partial charge in [0.25, 0.3) is 0 Å². The number of H-pyrrole nitrogens is 1. The van der Waals surface area contributed by atoms with Crippen LogP contribution in [0.1, 0.15) is 43.6 Å². The zero-order valence-electron chi connectivity index (χ0n) is 20.8. The number of nitriles is 1. The first-order chi connectivity index (χ1) is 18.1. The van der Waals surface area contributed by atoms with E-state index in [0.717, 1.165) is 47.3 Å². The summed E-state index contributed by atoms with van der Waals surface area (Å²) in [6.07, 6.45) is 8.27. The van der Waals surface area contributed by atoms with Crippen molar-refractivity contribution in [2.75, 3.05) is 0 Å². The second kappa shape index (κ2) is 10.5. The van der Waals surface area contributed by atoms with E-state index in [1.54, 1.807) is 15.2 Å². The van der Waals surface area contributed by atoms with E-state index in [4.69, 9.17) is 0 Å². The lowest BCUT2D eigenvalue weighted by atomic mass is 10.0. The molecule has 5 aromatic rings. The number of hydrogen-bond donors (Lipinski definition) is 1. The summed E-state index contributed by atoms with van der Waals surface area (Å²) >= 11 is 0. The van der Waals surface area contributed by atoms with Crippen LogP contribution in [0.15, 0.2) is 65.8 Å². The van der Waals surface area contributed by atoms with Gasteiger partial charge in [-0.05, 0) is 47.9 Å². The van der Waals surface area contributed by atoms with E-state index < -0.39 is 0 Å². The minimum Gasteiger partial charge on any atom is -0.333 e. The lowest BCUT2D eigenvalue weighted by Crippen LogP contribution is -2.26. The van der Waals surface area contributed by atoms with Crippen molar-refractivity contribution in [3.63, 3.8) is 0 Å². The van der Waals surface area contributed by atoms with Gasteiger partial charge in [0.1, 0.15) is 11.9 Å². The summed E-state index contributed by atoms with van der Waals surface area (Å²) in [5.41, 5.74) is 4.75. The van der Waals surface area contributed by atoms with Gasteiger partial charge in [-0.2, -0.15) is 5.26 Å². The van der Waals surface area contributed by atoms with Crippen molar-refractivity contribution >= 4 is 0 Å². The van der Waals surface area contributed by atoms with Crippen LogP contribution in [0, 0.1) is 11.3 Å². The molecule has 0 unspecified atom stereocenters. The number of unbranched alkanes of at least 4 members (excludes halogenated alkanes) is 1. The molecule has 0 aliphatic heterocycles. The van der Waals surface area contributed by atoms with Crippen molar-refractivity contribution in [3.8, 4) is 34.4 Å². The normalized spacial score (nSPS) is 11.1. The van der Waals surface area contributed by atoms with Crippen molar-refractivity contribution in [2.24, 2.45) is 0 Å². The Morgan fingerprint density at radius 2 is 1.92 bits per heavy atom. The van der Waals surface area contributed by atoms with E-state index in [0.29, 0.717) is 30.3 Å². The van der Waals surface area contributed by atoms with Gasteiger partial charge >= 0.3 is 5.69 Å². The minimum atomic E-state index is -0.176. The van der Waals surface area contributed by atoms with Crippen LogP contribution in [0.4, 0.5) is 0 Å². The number of aromatic amines is 1. The van der Waals surface area contributed by atoms with Crippen LogP contribution < -0.4 is 5.69 Å². The number of nitrogens with zero attached hydrogens (tertiary/aromatic N) is 8. The first-order valence-corrected chi connectivity index (χ1v) is 12.3. The lowest BCUT2D eigenvalue weighted by Gasteiger charge is -2.09. The number of pyridine rings is 1. The van der Waals surface area contributed by atoms with E-state index in [2.05, 4.69) is 38.6 Å². The van der Waals surface area contributed by atoms with Crippen LogP contribution in [0.5, 0.6) is 0 Å². The maximum atomic E-state index is 13.6. The SMILES string of the molecule is CCCCc1cn(-c2c(C#N)ccn2CC)c(=O)n1Cc1ccc(-c2ccccc2-c2nnn[nH]2)cn1. The maximum Gasteiger partial charge on any atom is 0.334 e. The third-order valence-electron chi connectivity index (χ3n) is 6.46. The number of imidazole rings is 1. The standard InChI is InChI=1S/C27H27N9O/c1-3-5-8-22-18-36(26-19(15-28)13-14-34(26)4-2)27(37)35(22)17-21-12-11-20(16-29-21)23-9-6-7-10-24(23)25-30-32-33-31-25/h6-7,9-14,16,18H,3-5,8,17H2,1-2H3,(H,30,31,32,33). The Balaban J connectivity index is 1.50. The fourth-order valence-electron chi connectivity index (χ4n) is 4.53. The molecule has 37 heavy (non-hydrogen) atoms. The molecule has 0 fully saturated rings. The van der Waals surface area contributed by atoms with Crippen LogP contribution in [-0.4, -0.2) is 39.3 Å². The molecule has 10 heteroatoms. The monoisotopic (exact) mass is 493 g/mol. The molecule has 186 valence electrons. The van der Waals surface area contributed by atoms with Gasteiger partial charge in [-0.15, -0.1) is 5.10 Å². The predicted octanol–water partition coefficient (Wildman–Crippen LogP) is 3.97. The van der Waals surface area contributed by atoms with Gasteiger partial charge in [0.15, 0.2) is 5.82 Å². The van der Waals surface area contributed by atoms with Crippen LogP contribution in [0.2, 0.25) is 0 Å². The first-order valence-electron chi connectivity index (χ1n) is 12.3. The van der Waals surface area contributed by atoms with Crippen LogP contribution in [0.25, 0.3) is 28.3 Å². The molecular weight excluding hydrogens is 466 g/mol. The molecule has 0 saturated carbocycles. The highest BCUT2D eigenvalue weighted by Crippen LogP contribution is 2.29. The first kappa shape index (κ1) is 23.9. The van der Waals surface area contributed by atoms with Gasteiger partial charge < -0.3 is 4.57 Å². The summed E-state index contributed by atoms with van der Waals surface area (Å²) in [5, 5.41) is 23.8. The predicted molar refractivity (Wildman–Crippen MR) is 139 cm³/mol. The maximum absolute atomic E-state index is 13.6. The molecule has 4 aromatic heterocycles. The Labute approximate surface area is 213 Å². The Bertz CT molecular complexity index is 1600. The zero-order valence-corrected chi connectivity index (χ0v) is 20.8. The van der Waals surface area contributed by atoms with Crippen LogP contribution in [0.3, 0.4) is 0 Å². The number of tetrazole rings is 1. The Morgan fingerprint density at radius 1 is 1.08 bits per heavy atom. The van der Waals surface area contributed by atoms with Crippen LogP contribution in [-0.2, 0) is 19.5 Å². The number of nitrogens with one attached hydrogen (secondary N) is 1. The second-order valence-corrected chi connectivity index (χ2v) is 8.75. The molecule has 0 spiro atoms. The van der Waals surface area contributed by atoms with Crippen molar-refractivity contribution < 1.29 is 0 Å². The van der Waals surface area contributed by atoms with Gasteiger partial charge in [-0.1, -0.05) is 43.7 Å². The zero-order chi connectivity index (χ0) is 25.8. The molecule has 4 heterocycles. The summed E-state index contributed by atoms with van der Waals surface area (Å²) in [6, 6.07) is 15.7. The number of rotatable bonds is 9. The summed E-state index contributed by atoms with van der Waals surface area (Å²) in [5.74, 6) is 1.19. The largest absolute Gasteiger partial charge is 0.334 e. The van der Waals surface area contributed by atoms with E-state index >= 15 is 0 Å². The molecule has 0 amide bonds. The third kappa shape index (κ3) is 4.59. The molecule has 0 atom stereocenters. The van der Waals surface area contributed by atoms with Gasteiger partial charge in [0.2, 0.25) is 0 Å². The van der Waals surface area contributed by atoms with Crippen molar-refractivity contribution in [1.82, 2.24) is 39.3 Å². The van der Waals surface area contributed by atoms with Gasteiger partial charge in [-0.3, -0.25) is 14.1 Å². The van der Waals surface area contributed by atoms with Crippen molar-refractivity contribution in [3.05, 3.63) is 88.5 Å². The van der Waals surface area contributed by atoms with Gasteiger partial charge in [-0.25, -0.2) is 9.89 Å². The average Bonchev–Trinajstić information content (AvgIpc) is 3.68. The van der Waals surface area contributed by atoms with E-state index in [-0.39, 0.29) is 5.69 Å². The highest BCUT2D eigenvalue weighted by Gasteiger charge is 2.19. The molecule has 0 bridgehead atoms. The Morgan fingerprint density at radius 3 is 2.59 bits per heavy atom. The lowest BCUT2D eigenvalue weighted by molar-refractivity contribution is 0.657. The topological polar surface area (TPSA) is 123 Å². The van der Waals surface area contributed by atoms with Crippen molar-refractivity contribution in [1.29, 1.82) is 5.26 Å². The fourth-order valence-corrected chi connectivity index (χ4v) is 4.53. The van der Waals surface area contributed by atoms with E-state index in [9.17, 15) is 10.1 Å². The molecule has 0 aliphatic rings. The molecule has 1 aromatic carbocycles. The van der Waals surface area contributed by atoms with Crippen LogP contribution >= 0.6 is 0 Å². The Hall–Kier alpha value is -4.78. The number of aromatic nitrogens is 8. The van der Waals surface area contributed by atoms with Gasteiger partial charge in [0.05, 0.1) is 17.8 Å².